The summed E-state index contributed by atoms with van der Waals surface area (Å²) in [6, 6.07) is 9.01. The number of amides is 4. The Labute approximate surface area is 165 Å². The maximum atomic E-state index is 12.9. The molecule has 1 atom stereocenters. The summed E-state index contributed by atoms with van der Waals surface area (Å²) in [5, 5.41) is 7.11. The number of halogens is 1. The first-order valence-electron chi connectivity index (χ1n) is 8.52. The van der Waals surface area contributed by atoms with Crippen LogP contribution in [-0.2, 0) is 19.6 Å². The number of anilines is 2. The van der Waals surface area contributed by atoms with Crippen LogP contribution in [0.15, 0.2) is 53.4 Å². The molecule has 0 bridgehead atoms. The summed E-state index contributed by atoms with van der Waals surface area (Å²) in [6.45, 7) is 0. The maximum Gasteiger partial charge on any atom is 0.322 e. The Morgan fingerprint density at radius 2 is 1.62 bits per heavy atom. The molecule has 0 saturated carbocycles. The highest BCUT2D eigenvalue weighted by Crippen LogP contribution is 2.19. The van der Waals surface area contributed by atoms with Gasteiger partial charge in [-0.25, -0.2) is 17.6 Å². The molecule has 2 aromatic carbocycles. The monoisotopic (exact) mass is 420 g/mol. The number of hydrogen-bond acceptors (Lipinski definition) is 5. The lowest BCUT2D eigenvalue weighted by atomic mass is 10.1. The van der Waals surface area contributed by atoms with Crippen LogP contribution in [0.5, 0.6) is 0 Å². The Morgan fingerprint density at radius 3 is 2.21 bits per heavy atom. The summed E-state index contributed by atoms with van der Waals surface area (Å²) < 4.78 is 39.8. The largest absolute Gasteiger partial charge is 0.326 e. The normalized spacial score (nSPS) is 16.1. The van der Waals surface area contributed by atoms with Crippen molar-refractivity contribution in [1.82, 2.24) is 10.6 Å². The smallest absolute Gasteiger partial charge is 0.322 e. The molecule has 29 heavy (non-hydrogen) atoms. The highest BCUT2D eigenvalue weighted by molar-refractivity contribution is 7.92. The minimum atomic E-state index is -3.87. The van der Waals surface area contributed by atoms with Crippen molar-refractivity contribution in [1.29, 1.82) is 0 Å². The number of carbonyl (C=O) groups is 3. The van der Waals surface area contributed by atoms with Gasteiger partial charge in [0.2, 0.25) is 5.91 Å². The summed E-state index contributed by atoms with van der Waals surface area (Å²) in [5.41, 5.74) is 0.692. The van der Waals surface area contributed by atoms with Crippen molar-refractivity contribution in [3.05, 3.63) is 54.3 Å². The first kappa shape index (κ1) is 20.3. The van der Waals surface area contributed by atoms with Crippen LogP contribution in [0.2, 0.25) is 0 Å². The Balaban J connectivity index is 1.54. The minimum absolute atomic E-state index is 0.0112. The fourth-order valence-electron chi connectivity index (χ4n) is 2.61. The van der Waals surface area contributed by atoms with E-state index in [2.05, 4.69) is 20.7 Å². The van der Waals surface area contributed by atoms with Crippen LogP contribution in [0.4, 0.5) is 20.6 Å². The van der Waals surface area contributed by atoms with E-state index in [0.717, 1.165) is 24.3 Å². The summed E-state index contributed by atoms with van der Waals surface area (Å²) in [6.07, 6.45) is 0.163. The summed E-state index contributed by atoms with van der Waals surface area (Å²) in [4.78, 5) is 34.4. The molecular formula is C18H17FN4O5S. The van der Waals surface area contributed by atoms with Crippen molar-refractivity contribution >= 4 is 39.2 Å². The van der Waals surface area contributed by atoms with E-state index in [4.69, 9.17) is 0 Å². The van der Waals surface area contributed by atoms with Gasteiger partial charge in [0.1, 0.15) is 11.9 Å². The average Bonchev–Trinajstić information content (AvgIpc) is 2.99. The molecule has 0 aromatic heterocycles. The SMILES string of the molecule is O=C(CC[C@@H]1NC(=O)NC1=O)Nc1ccc(NS(=O)(=O)c2ccc(F)cc2)cc1. The second-order valence-corrected chi connectivity index (χ2v) is 7.92. The van der Waals surface area contributed by atoms with Gasteiger partial charge < -0.3 is 10.6 Å². The summed E-state index contributed by atoms with van der Waals surface area (Å²) >= 11 is 0. The van der Waals surface area contributed by atoms with Crippen LogP contribution in [0.1, 0.15) is 12.8 Å². The van der Waals surface area contributed by atoms with E-state index in [-0.39, 0.29) is 29.3 Å². The third-order valence-corrected chi connectivity index (χ3v) is 5.46. The van der Waals surface area contributed by atoms with E-state index >= 15 is 0 Å². The van der Waals surface area contributed by atoms with E-state index in [1.807, 2.05) is 0 Å². The topological polar surface area (TPSA) is 133 Å². The maximum absolute atomic E-state index is 12.9. The quantitative estimate of drug-likeness (QED) is 0.505. The van der Waals surface area contributed by atoms with Crippen molar-refractivity contribution < 1.29 is 27.2 Å². The number of imide groups is 1. The van der Waals surface area contributed by atoms with Crippen molar-refractivity contribution in [3.8, 4) is 0 Å². The van der Waals surface area contributed by atoms with Gasteiger partial charge in [0.25, 0.3) is 15.9 Å². The molecule has 0 spiro atoms. The van der Waals surface area contributed by atoms with E-state index < -0.39 is 33.8 Å². The molecule has 1 aliphatic rings. The second kappa shape index (κ2) is 8.27. The first-order valence-corrected chi connectivity index (χ1v) is 10.0. The lowest BCUT2D eigenvalue weighted by Crippen LogP contribution is -2.30. The number of rotatable bonds is 7. The second-order valence-electron chi connectivity index (χ2n) is 6.24. The van der Waals surface area contributed by atoms with Crippen molar-refractivity contribution in [2.75, 3.05) is 10.0 Å². The van der Waals surface area contributed by atoms with Crippen LogP contribution < -0.4 is 20.7 Å². The Morgan fingerprint density at radius 1 is 1.00 bits per heavy atom. The van der Waals surface area contributed by atoms with Gasteiger partial charge in [-0.05, 0) is 55.0 Å². The lowest BCUT2D eigenvalue weighted by molar-refractivity contribution is -0.120. The van der Waals surface area contributed by atoms with Crippen molar-refractivity contribution in [3.63, 3.8) is 0 Å². The molecular weight excluding hydrogens is 403 g/mol. The Hall–Kier alpha value is -3.47. The summed E-state index contributed by atoms with van der Waals surface area (Å²) in [5.74, 6) is -1.38. The van der Waals surface area contributed by atoms with Gasteiger partial charge in [0, 0.05) is 17.8 Å². The lowest BCUT2D eigenvalue weighted by Gasteiger charge is -2.10. The van der Waals surface area contributed by atoms with E-state index in [9.17, 15) is 27.2 Å². The van der Waals surface area contributed by atoms with Crippen molar-refractivity contribution in [2.24, 2.45) is 0 Å². The Kier molecular flexibility index (Phi) is 5.78. The highest BCUT2D eigenvalue weighted by Gasteiger charge is 2.29. The third kappa shape index (κ3) is 5.29. The molecule has 0 aliphatic carbocycles. The van der Waals surface area contributed by atoms with Crippen LogP contribution in [0, 0.1) is 5.82 Å². The van der Waals surface area contributed by atoms with E-state index in [0.29, 0.717) is 5.69 Å². The van der Waals surface area contributed by atoms with Gasteiger partial charge in [-0.3, -0.25) is 19.6 Å². The van der Waals surface area contributed by atoms with Crippen LogP contribution in [-0.4, -0.2) is 32.3 Å². The van der Waals surface area contributed by atoms with Crippen LogP contribution >= 0.6 is 0 Å². The number of urea groups is 1. The molecule has 9 nitrogen and oxygen atoms in total. The standard InChI is InChI=1S/C18H17FN4O5S/c19-11-1-7-14(8-2-11)29(27,28)23-13-5-3-12(4-6-13)20-16(24)10-9-15-17(25)22-18(26)21-15/h1-8,15,23H,9-10H2,(H,20,24)(H2,21,22,25,26)/t15-/m0/s1. The van der Waals surface area contributed by atoms with Gasteiger partial charge in [0.05, 0.1) is 4.90 Å². The highest BCUT2D eigenvalue weighted by atomic mass is 32.2. The molecule has 152 valence electrons. The molecule has 0 radical (unpaired) electrons. The minimum Gasteiger partial charge on any atom is -0.326 e. The molecule has 0 unspecified atom stereocenters. The predicted octanol–water partition coefficient (Wildman–Crippen LogP) is 1.55. The van der Waals surface area contributed by atoms with Crippen LogP contribution in [0.3, 0.4) is 0 Å². The molecule has 1 heterocycles. The molecule has 3 rings (SSSR count). The number of carbonyl (C=O) groups excluding carboxylic acids is 3. The fraction of sp³-hybridized carbons (Fsp3) is 0.167. The molecule has 4 amide bonds. The zero-order valence-electron chi connectivity index (χ0n) is 14.9. The molecule has 1 saturated heterocycles. The summed E-state index contributed by atoms with van der Waals surface area (Å²) in [7, 11) is -3.87. The third-order valence-electron chi connectivity index (χ3n) is 4.06. The van der Waals surface area contributed by atoms with Gasteiger partial charge in [0.15, 0.2) is 0 Å². The van der Waals surface area contributed by atoms with Crippen LogP contribution in [0.25, 0.3) is 0 Å². The number of nitrogens with one attached hydrogen (secondary N) is 4. The predicted molar refractivity (Wildman–Crippen MR) is 102 cm³/mol. The number of benzene rings is 2. The van der Waals surface area contributed by atoms with Crippen molar-refractivity contribution in [2.45, 2.75) is 23.8 Å². The Bertz CT molecular complexity index is 1040. The van der Waals surface area contributed by atoms with E-state index in [1.165, 1.54) is 24.3 Å². The first-order chi connectivity index (χ1) is 13.7. The van der Waals surface area contributed by atoms with Gasteiger partial charge in [-0.2, -0.15) is 0 Å². The number of sulfonamides is 1. The molecule has 1 aliphatic heterocycles. The van der Waals surface area contributed by atoms with E-state index in [1.54, 1.807) is 0 Å². The molecule has 4 N–H and O–H groups in total. The average molecular weight is 420 g/mol. The van der Waals surface area contributed by atoms with Gasteiger partial charge >= 0.3 is 6.03 Å². The zero-order valence-corrected chi connectivity index (χ0v) is 15.8. The fourth-order valence-corrected chi connectivity index (χ4v) is 3.67. The van der Waals surface area contributed by atoms with Gasteiger partial charge in [-0.15, -0.1) is 0 Å². The molecule has 2 aromatic rings. The molecule has 1 fully saturated rings. The molecule has 11 heteroatoms. The zero-order chi connectivity index (χ0) is 21.0. The number of hydrogen-bond donors (Lipinski definition) is 4. The van der Waals surface area contributed by atoms with Gasteiger partial charge in [-0.1, -0.05) is 0 Å².